The van der Waals surface area contributed by atoms with E-state index < -0.39 is 6.23 Å². The van der Waals surface area contributed by atoms with Gasteiger partial charge < -0.3 is 9.67 Å². The van der Waals surface area contributed by atoms with Gasteiger partial charge in [-0.05, 0) is 0 Å². The van der Waals surface area contributed by atoms with Crippen molar-refractivity contribution in [3.8, 4) is 0 Å². The van der Waals surface area contributed by atoms with Gasteiger partial charge in [-0.15, -0.1) is 0 Å². The Kier molecular flexibility index (Phi) is 2.60. The monoisotopic (exact) mass is 202 g/mol. The lowest BCUT2D eigenvalue weighted by atomic mass is 10.1. The fourth-order valence-corrected chi connectivity index (χ4v) is 1.30. The molecule has 0 bridgehead atoms. The Hall–Kier alpha value is -1.94. The van der Waals surface area contributed by atoms with Crippen LogP contribution in [0.3, 0.4) is 0 Å². The van der Waals surface area contributed by atoms with Crippen molar-refractivity contribution < 1.29 is 9.90 Å². The number of Topliss-reactive ketones (excluding diaryl/α,β-unsaturated/α-hetero) is 1. The Morgan fingerprint density at radius 1 is 1.33 bits per heavy atom. The molecule has 0 fully saturated rings. The Labute approximate surface area is 86.8 Å². The maximum absolute atomic E-state index is 11.7. The second kappa shape index (κ2) is 4.06. The van der Waals surface area contributed by atoms with Crippen LogP contribution in [0.1, 0.15) is 16.6 Å². The summed E-state index contributed by atoms with van der Waals surface area (Å²) in [5.74, 6) is -0.339. The molecule has 0 aliphatic heterocycles. The number of hydrogen-bond acceptors (Lipinski definition) is 3. The smallest absolute Gasteiger partial charge is 0.212 e. The van der Waals surface area contributed by atoms with E-state index in [1.165, 1.54) is 17.1 Å². The van der Waals surface area contributed by atoms with Crippen molar-refractivity contribution >= 4 is 5.78 Å². The highest BCUT2D eigenvalue weighted by Crippen LogP contribution is 2.10. The third-order valence-electron chi connectivity index (χ3n) is 2.10. The zero-order valence-corrected chi connectivity index (χ0v) is 7.95. The van der Waals surface area contributed by atoms with Gasteiger partial charge in [-0.3, -0.25) is 4.79 Å². The van der Waals surface area contributed by atoms with E-state index in [1.54, 1.807) is 30.5 Å². The third-order valence-corrected chi connectivity index (χ3v) is 2.10. The molecule has 1 atom stereocenters. The third kappa shape index (κ3) is 1.94. The van der Waals surface area contributed by atoms with E-state index in [-0.39, 0.29) is 5.78 Å². The maximum atomic E-state index is 11.7. The molecule has 0 saturated heterocycles. The summed E-state index contributed by atoms with van der Waals surface area (Å²) in [5, 5.41) is 9.70. The molecule has 15 heavy (non-hydrogen) atoms. The van der Waals surface area contributed by atoms with Gasteiger partial charge in [0.1, 0.15) is 0 Å². The zero-order valence-electron chi connectivity index (χ0n) is 7.95. The van der Waals surface area contributed by atoms with Crippen LogP contribution < -0.4 is 0 Å². The Morgan fingerprint density at radius 3 is 2.67 bits per heavy atom. The van der Waals surface area contributed by atoms with Crippen molar-refractivity contribution in [3.63, 3.8) is 0 Å². The van der Waals surface area contributed by atoms with Gasteiger partial charge in [-0.2, -0.15) is 0 Å². The van der Waals surface area contributed by atoms with Crippen molar-refractivity contribution in [2.45, 2.75) is 6.23 Å². The van der Waals surface area contributed by atoms with Crippen LogP contribution in [0.5, 0.6) is 0 Å². The molecule has 0 saturated carbocycles. The number of aliphatic hydroxyl groups excluding tert-OH is 1. The van der Waals surface area contributed by atoms with Gasteiger partial charge in [0.25, 0.3) is 0 Å². The van der Waals surface area contributed by atoms with Gasteiger partial charge in [0.2, 0.25) is 5.78 Å². The highest BCUT2D eigenvalue weighted by molar-refractivity contribution is 5.97. The lowest BCUT2D eigenvalue weighted by Gasteiger charge is -2.10. The summed E-state index contributed by atoms with van der Waals surface area (Å²) in [6.07, 6.45) is 3.27. The molecule has 0 amide bonds. The summed E-state index contributed by atoms with van der Waals surface area (Å²) >= 11 is 0. The van der Waals surface area contributed by atoms with Crippen LogP contribution in [0.4, 0.5) is 0 Å². The van der Waals surface area contributed by atoms with Crippen LogP contribution in [-0.4, -0.2) is 20.4 Å². The van der Waals surface area contributed by atoms with Gasteiger partial charge in [-0.1, -0.05) is 30.3 Å². The first kappa shape index (κ1) is 9.61. The number of nitrogens with zero attached hydrogens (tertiary/aromatic N) is 2. The Balaban J connectivity index is 2.23. The predicted octanol–water partition coefficient (Wildman–Crippen LogP) is 1.26. The van der Waals surface area contributed by atoms with E-state index in [0.717, 1.165) is 0 Å². The number of aliphatic hydroxyl groups is 1. The number of benzene rings is 1. The van der Waals surface area contributed by atoms with Gasteiger partial charge in [-0.25, -0.2) is 4.98 Å². The number of hydrogen-bond donors (Lipinski definition) is 1. The molecule has 1 aromatic heterocycles. The molecule has 4 nitrogen and oxygen atoms in total. The number of imidazole rings is 1. The molecule has 2 aromatic rings. The van der Waals surface area contributed by atoms with E-state index in [0.29, 0.717) is 5.56 Å². The van der Waals surface area contributed by atoms with E-state index in [2.05, 4.69) is 4.98 Å². The fraction of sp³-hybridized carbons (Fsp3) is 0.0909. The van der Waals surface area contributed by atoms with Gasteiger partial charge in [0.15, 0.2) is 6.23 Å². The number of ketones is 1. The topological polar surface area (TPSA) is 55.1 Å². The minimum Gasteiger partial charge on any atom is -0.366 e. The van der Waals surface area contributed by atoms with Crippen molar-refractivity contribution in [2.75, 3.05) is 0 Å². The second-order valence-corrected chi connectivity index (χ2v) is 3.11. The SMILES string of the molecule is O=C(c1ccccc1)[C@@H](O)n1ccnc1. The number of carbonyl (C=O) groups excluding carboxylic acids is 1. The summed E-state index contributed by atoms with van der Waals surface area (Å²) in [4.78, 5) is 15.5. The zero-order chi connectivity index (χ0) is 10.7. The van der Waals surface area contributed by atoms with E-state index in [1.807, 2.05) is 6.07 Å². The molecule has 76 valence electrons. The van der Waals surface area contributed by atoms with Gasteiger partial charge >= 0.3 is 0 Å². The first-order valence-corrected chi connectivity index (χ1v) is 4.54. The highest BCUT2D eigenvalue weighted by Gasteiger charge is 2.17. The average Bonchev–Trinajstić information content (AvgIpc) is 2.82. The Bertz CT molecular complexity index is 437. The van der Waals surface area contributed by atoms with Crippen molar-refractivity contribution in [3.05, 3.63) is 54.6 Å². The van der Waals surface area contributed by atoms with Crippen LogP contribution in [0.25, 0.3) is 0 Å². The van der Waals surface area contributed by atoms with E-state index in [4.69, 9.17) is 0 Å². The second-order valence-electron chi connectivity index (χ2n) is 3.11. The molecule has 4 heteroatoms. The summed E-state index contributed by atoms with van der Waals surface area (Å²) in [6, 6.07) is 8.67. The van der Waals surface area contributed by atoms with Crippen LogP contribution in [0.15, 0.2) is 49.1 Å². The van der Waals surface area contributed by atoms with Crippen LogP contribution in [0, 0.1) is 0 Å². The van der Waals surface area contributed by atoms with Crippen molar-refractivity contribution in [1.82, 2.24) is 9.55 Å². The largest absolute Gasteiger partial charge is 0.366 e. The molecular formula is C11H10N2O2. The van der Waals surface area contributed by atoms with Crippen LogP contribution >= 0.6 is 0 Å². The Morgan fingerprint density at radius 2 is 2.07 bits per heavy atom. The minimum absolute atomic E-state index is 0.339. The molecule has 1 heterocycles. The average molecular weight is 202 g/mol. The van der Waals surface area contributed by atoms with Crippen molar-refractivity contribution in [2.24, 2.45) is 0 Å². The first-order chi connectivity index (χ1) is 7.29. The lowest BCUT2D eigenvalue weighted by molar-refractivity contribution is 0.0574. The van der Waals surface area contributed by atoms with E-state index >= 15 is 0 Å². The molecule has 1 aromatic carbocycles. The van der Waals surface area contributed by atoms with Gasteiger partial charge in [0.05, 0.1) is 6.33 Å². The molecule has 1 N–H and O–H groups in total. The predicted molar refractivity (Wildman–Crippen MR) is 54.3 cm³/mol. The van der Waals surface area contributed by atoms with Crippen molar-refractivity contribution in [1.29, 1.82) is 0 Å². The van der Waals surface area contributed by atoms with Crippen LogP contribution in [-0.2, 0) is 0 Å². The normalized spacial score (nSPS) is 12.3. The quantitative estimate of drug-likeness (QED) is 0.762. The summed E-state index contributed by atoms with van der Waals surface area (Å²) in [5.41, 5.74) is 0.485. The maximum Gasteiger partial charge on any atom is 0.212 e. The summed E-state index contributed by atoms with van der Waals surface area (Å²) in [6.45, 7) is 0. The number of carbonyl (C=O) groups is 1. The standard InChI is InChI=1S/C11H10N2O2/c14-10(9-4-2-1-3-5-9)11(15)13-7-6-12-8-13/h1-8,11,15H/t11-/m1/s1. The molecule has 2 rings (SSSR count). The lowest BCUT2D eigenvalue weighted by Crippen LogP contribution is -2.17. The van der Waals surface area contributed by atoms with E-state index in [9.17, 15) is 9.90 Å². The molecular weight excluding hydrogens is 192 g/mol. The van der Waals surface area contributed by atoms with Crippen LogP contribution in [0.2, 0.25) is 0 Å². The first-order valence-electron chi connectivity index (χ1n) is 4.54. The fourth-order valence-electron chi connectivity index (χ4n) is 1.30. The molecule has 0 unspecified atom stereocenters. The molecule has 0 spiro atoms. The van der Waals surface area contributed by atoms with Gasteiger partial charge in [0, 0.05) is 18.0 Å². The summed E-state index contributed by atoms with van der Waals surface area (Å²) < 4.78 is 1.36. The summed E-state index contributed by atoms with van der Waals surface area (Å²) in [7, 11) is 0. The molecule has 0 aliphatic carbocycles. The minimum atomic E-state index is -1.20. The molecule has 0 radical (unpaired) electrons. The highest BCUT2D eigenvalue weighted by atomic mass is 16.3. The number of aromatic nitrogens is 2. The molecule has 0 aliphatic rings. The number of rotatable bonds is 3.